The zero-order valence-corrected chi connectivity index (χ0v) is 7.15. The van der Waals surface area contributed by atoms with Crippen LogP contribution in [0.3, 0.4) is 0 Å². The van der Waals surface area contributed by atoms with E-state index in [4.69, 9.17) is 0 Å². The van der Waals surface area contributed by atoms with Crippen LogP contribution in [0, 0.1) is 0 Å². The summed E-state index contributed by atoms with van der Waals surface area (Å²) in [7, 11) is 0. The van der Waals surface area contributed by atoms with Gasteiger partial charge in [0.05, 0.1) is 6.42 Å². The molecule has 0 aliphatic carbocycles. The van der Waals surface area contributed by atoms with Crippen LogP contribution in [0.2, 0.25) is 0 Å². The van der Waals surface area contributed by atoms with Crippen LogP contribution in [0.25, 0.3) is 0 Å². The summed E-state index contributed by atoms with van der Waals surface area (Å²) in [5.41, 5.74) is 0. The fraction of sp³-hybridized carbons (Fsp3) is 0.500. The molecule has 0 amide bonds. The zero-order valence-electron chi connectivity index (χ0n) is 7.15. The molecule has 0 aromatic carbocycles. The molecule has 1 aliphatic heterocycles. The van der Waals surface area contributed by atoms with E-state index in [1.807, 2.05) is 0 Å². The number of rotatable bonds is 2. The first-order valence-electron chi connectivity index (χ1n) is 3.92. The van der Waals surface area contributed by atoms with E-state index in [0.717, 1.165) is 12.2 Å². The summed E-state index contributed by atoms with van der Waals surface area (Å²) >= 11 is 0. The SMILES string of the molecule is CCCC1(O)OC(=O)C=CC(=O)O1. The van der Waals surface area contributed by atoms with E-state index < -0.39 is 17.9 Å². The molecular formula is C8H10O5. The van der Waals surface area contributed by atoms with Crippen molar-refractivity contribution in [3.8, 4) is 0 Å². The lowest BCUT2D eigenvalue weighted by molar-refractivity contribution is -0.322. The number of hydrogen-bond acceptors (Lipinski definition) is 5. The van der Waals surface area contributed by atoms with Crippen molar-refractivity contribution in [2.75, 3.05) is 0 Å². The van der Waals surface area contributed by atoms with E-state index in [1.165, 1.54) is 0 Å². The normalized spacial score (nSPS) is 20.5. The van der Waals surface area contributed by atoms with E-state index in [-0.39, 0.29) is 6.42 Å². The predicted octanol–water partition coefficient (Wildman–Crippen LogP) is 0.0888. The van der Waals surface area contributed by atoms with Crippen molar-refractivity contribution >= 4 is 11.9 Å². The summed E-state index contributed by atoms with van der Waals surface area (Å²) in [5.74, 6) is -3.68. The quantitative estimate of drug-likeness (QED) is 0.618. The molecule has 0 unspecified atom stereocenters. The highest BCUT2D eigenvalue weighted by atomic mass is 16.8. The number of carbonyl (C=O) groups excluding carboxylic acids is 2. The van der Waals surface area contributed by atoms with Gasteiger partial charge in [0.1, 0.15) is 0 Å². The monoisotopic (exact) mass is 186 g/mol. The Kier molecular flexibility index (Phi) is 2.67. The maximum atomic E-state index is 10.8. The van der Waals surface area contributed by atoms with Gasteiger partial charge in [-0.3, -0.25) is 0 Å². The van der Waals surface area contributed by atoms with Crippen molar-refractivity contribution in [3.05, 3.63) is 12.2 Å². The second-order valence-electron chi connectivity index (χ2n) is 2.64. The Hall–Kier alpha value is -1.36. The number of aliphatic hydroxyl groups is 1. The van der Waals surface area contributed by atoms with Gasteiger partial charge in [-0.05, 0) is 6.42 Å². The highest BCUT2D eigenvalue weighted by Crippen LogP contribution is 2.19. The van der Waals surface area contributed by atoms with Crippen molar-refractivity contribution < 1.29 is 24.2 Å². The Morgan fingerprint density at radius 2 is 1.77 bits per heavy atom. The summed E-state index contributed by atoms with van der Waals surface area (Å²) in [6.45, 7) is 1.76. The molecular weight excluding hydrogens is 176 g/mol. The summed E-state index contributed by atoms with van der Waals surface area (Å²) in [6, 6.07) is 0. The van der Waals surface area contributed by atoms with Crippen LogP contribution in [-0.4, -0.2) is 23.0 Å². The highest BCUT2D eigenvalue weighted by Gasteiger charge is 2.36. The molecule has 0 spiro atoms. The number of carbonyl (C=O) groups is 2. The number of esters is 2. The third kappa shape index (κ3) is 2.55. The van der Waals surface area contributed by atoms with Crippen molar-refractivity contribution in [2.24, 2.45) is 0 Å². The number of ether oxygens (including phenoxy) is 2. The molecule has 5 nitrogen and oxygen atoms in total. The van der Waals surface area contributed by atoms with Crippen LogP contribution in [-0.2, 0) is 19.1 Å². The van der Waals surface area contributed by atoms with Gasteiger partial charge < -0.3 is 14.6 Å². The van der Waals surface area contributed by atoms with Gasteiger partial charge >= 0.3 is 17.9 Å². The van der Waals surface area contributed by atoms with Gasteiger partial charge in [-0.15, -0.1) is 0 Å². The van der Waals surface area contributed by atoms with Gasteiger partial charge in [-0.1, -0.05) is 6.92 Å². The van der Waals surface area contributed by atoms with Crippen LogP contribution in [0.4, 0.5) is 0 Å². The lowest BCUT2D eigenvalue weighted by Gasteiger charge is -2.23. The van der Waals surface area contributed by atoms with Gasteiger partial charge in [0.2, 0.25) is 0 Å². The van der Waals surface area contributed by atoms with E-state index in [2.05, 4.69) is 9.47 Å². The topological polar surface area (TPSA) is 72.8 Å². The van der Waals surface area contributed by atoms with Crippen LogP contribution in [0.5, 0.6) is 0 Å². The van der Waals surface area contributed by atoms with Gasteiger partial charge in [0.15, 0.2) is 0 Å². The van der Waals surface area contributed by atoms with Crippen molar-refractivity contribution in [1.29, 1.82) is 0 Å². The minimum atomic E-state index is -2.10. The van der Waals surface area contributed by atoms with Crippen LogP contribution < -0.4 is 0 Å². The highest BCUT2D eigenvalue weighted by molar-refractivity contribution is 5.93. The zero-order chi connectivity index (χ0) is 9.90. The third-order valence-corrected chi connectivity index (χ3v) is 1.44. The third-order valence-electron chi connectivity index (χ3n) is 1.44. The van der Waals surface area contributed by atoms with Gasteiger partial charge in [0.25, 0.3) is 0 Å². The number of cyclic esters (lactones) is 2. The van der Waals surface area contributed by atoms with E-state index in [0.29, 0.717) is 6.42 Å². The first kappa shape index (κ1) is 9.73. The van der Waals surface area contributed by atoms with Gasteiger partial charge in [-0.25, -0.2) is 9.59 Å². The molecule has 0 aromatic rings. The first-order valence-corrected chi connectivity index (χ1v) is 3.92. The van der Waals surface area contributed by atoms with Gasteiger partial charge in [-0.2, -0.15) is 0 Å². The summed E-state index contributed by atoms with van der Waals surface area (Å²) in [5, 5.41) is 9.47. The summed E-state index contributed by atoms with van der Waals surface area (Å²) < 4.78 is 8.99. The molecule has 0 aromatic heterocycles. The van der Waals surface area contributed by atoms with Gasteiger partial charge in [0, 0.05) is 12.2 Å². The molecule has 1 aliphatic rings. The number of hydrogen-bond donors (Lipinski definition) is 1. The standard InChI is InChI=1S/C8H10O5/c1-2-5-8(11)12-6(9)3-4-7(10)13-8/h3-4,11H,2,5H2,1H3. The second-order valence-corrected chi connectivity index (χ2v) is 2.64. The van der Waals surface area contributed by atoms with Crippen LogP contribution >= 0.6 is 0 Å². The maximum absolute atomic E-state index is 10.8. The van der Waals surface area contributed by atoms with E-state index in [1.54, 1.807) is 6.92 Å². The molecule has 1 rings (SSSR count). The summed E-state index contributed by atoms with van der Waals surface area (Å²) in [6.07, 6.45) is 2.41. The molecule has 5 heteroatoms. The van der Waals surface area contributed by atoms with Crippen LogP contribution in [0.1, 0.15) is 19.8 Å². The minimum Gasteiger partial charge on any atom is -0.395 e. The molecule has 72 valence electrons. The largest absolute Gasteiger partial charge is 0.395 e. The molecule has 1 heterocycles. The molecule has 0 bridgehead atoms. The molecule has 0 radical (unpaired) electrons. The average molecular weight is 186 g/mol. The first-order chi connectivity index (χ1) is 6.06. The lowest BCUT2D eigenvalue weighted by Crippen LogP contribution is -2.37. The fourth-order valence-corrected chi connectivity index (χ4v) is 0.957. The maximum Gasteiger partial charge on any atom is 0.373 e. The van der Waals surface area contributed by atoms with Crippen molar-refractivity contribution in [3.63, 3.8) is 0 Å². The Morgan fingerprint density at radius 1 is 1.31 bits per heavy atom. The molecule has 0 fully saturated rings. The van der Waals surface area contributed by atoms with Crippen molar-refractivity contribution in [1.82, 2.24) is 0 Å². The average Bonchev–Trinajstić information content (AvgIpc) is 2.10. The Balaban J connectivity index is 2.77. The summed E-state index contributed by atoms with van der Waals surface area (Å²) in [4.78, 5) is 21.6. The molecule has 1 N–H and O–H groups in total. The van der Waals surface area contributed by atoms with E-state index in [9.17, 15) is 14.7 Å². The van der Waals surface area contributed by atoms with E-state index >= 15 is 0 Å². The second kappa shape index (κ2) is 3.57. The minimum absolute atomic E-state index is 0.0617. The Bertz CT molecular complexity index is 235. The van der Waals surface area contributed by atoms with Crippen LogP contribution in [0.15, 0.2) is 12.2 Å². The fourth-order valence-electron chi connectivity index (χ4n) is 0.957. The smallest absolute Gasteiger partial charge is 0.373 e. The molecule has 0 saturated carbocycles. The molecule has 0 atom stereocenters. The van der Waals surface area contributed by atoms with Crippen molar-refractivity contribution in [2.45, 2.75) is 25.7 Å². The Labute approximate surface area is 74.9 Å². The lowest BCUT2D eigenvalue weighted by atomic mass is 10.3. The Morgan fingerprint density at radius 3 is 2.15 bits per heavy atom. The predicted molar refractivity (Wildman–Crippen MR) is 41.2 cm³/mol. The molecule has 13 heavy (non-hydrogen) atoms. The molecule has 0 saturated heterocycles.